The smallest absolute Gasteiger partial charge is 0.252 e. The molecule has 0 saturated carbocycles. The first-order chi connectivity index (χ1) is 63.8. The summed E-state index contributed by atoms with van der Waals surface area (Å²) in [5.74, 6) is 0. The minimum absolute atomic E-state index is 0.0183. The molecule has 0 aliphatic carbocycles. The van der Waals surface area contributed by atoms with Crippen LogP contribution in [0.15, 0.2) is 388 Å². The number of para-hydroxylation sites is 2. The first kappa shape index (κ1) is 58.8. The van der Waals surface area contributed by atoms with Crippen LogP contribution >= 0.6 is 0 Å². The molecule has 0 N–H and O–H groups in total. The first-order valence-corrected chi connectivity index (χ1v) is 40.8. The van der Waals surface area contributed by atoms with E-state index in [0.29, 0.717) is 33.9 Å². The summed E-state index contributed by atoms with van der Waals surface area (Å²) in [6.07, 6.45) is 0. The van der Waals surface area contributed by atoms with Crippen LogP contribution in [0.2, 0.25) is 0 Å². The minimum atomic E-state index is -0.768. The van der Waals surface area contributed by atoms with E-state index in [0.717, 1.165) is 123 Å². The van der Waals surface area contributed by atoms with Crippen LogP contribution in [0.25, 0.3) is 144 Å². The van der Waals surface area contributed by atoms with Crippen molar-refractivity contribution in [3.63, 3.8) is 0 Å². The first-order valence-electron chi connectivity index (χ1n) is 47.8. The van der Waals surface area contributed by atoms with E-state index in [2.05, 4.69) is 254 Å². The minimum Gasteiger partial charge on any atom is -0.310 e. The summed E-state index contributed by atoms with van der Waals surface area (Å²) < 4.78 is 143. The Kier molecular flexibility index (Phi) is 14.0. The fourth-order valence-electron chi connectivity index (χ4n) is 17.9. The Morgan fingerprint density at radius 2 is 0.521 bits per heavy atom. The lowest BCUT2D eigenvalue weighted by atomic mass is 9.33. The van der Waals surface area contributed by atoms with Crippen molar-refractivity contribution >= 4 is 101 Å². The summed E-state index contributed by atoms with van der Waals surface area (Å²) in [4.78, 5) is 4.82. The Morgan fingerprint density at radius 1 is 0.244 bits per heavy atom. The summed E-state index contributed by atoms with van der Waals surface area (Å²) in [7, 11) is 0. The molecule has 5 heteroatoms. The lowest BCUT2D eigenvalue weighted by Gasteiger charge is -2.47. The van der Waals surface area contributed by atoms with Crippen molar-refractivity contribution in [1.29, 1.82) is 0 Å². The molecule has 19 aromatic rings. The Bertz CT molecular complexity index is 7900. The van der Waals surface area contributed by atoms with Crippen LogP contribution in [-0.2, 0) is 16.2 Å². The molecule has 4 heterocycles. The van der Waals surface area contributed by atoms with Gasteiger partial charge in [0.05, 0.1) is 52.6 Å². The van der Waals surface area contributed by atoms with E-state index in [9.17, 15) is 19.2 Å². The molecule has 119 heavy (non-hydrogen) atoms. The predicted molar refractivity (Wildman–Crippen MR) is 509 cm³/mol. The third-order valence-corrected chi connectivity index (χ3v) is 24.0. The molecule has 2 aromatic heterocycles. The van der Waals surface area contributed by atoms with Crippen molar-refractivity contribution < 1.29 is 19.2 Å². The number of hydrogen-bond acceptors (Lipinski definition) is 2. The second-order valence-electron chi connectivity index (χ2n) is 34.5. The summed E-state index contributed by atoms with van der Waals surface area (Å²) >= 11 is 0. The maximum atomic E-state index is 10.5. The molecule has 2 aliphatic heterocycles. The third kappa shape index (κ3) is 12.5. The van der Waals surface area contributed by atoms with Crippen LogP contribution in [0.1, 0.15) is 98.2 Å². The Hall–Kier alpha value is -14.0. The van der Waals surface area contributed by atoms with Gasteiger partial charge in [-0.1, -0.05) is 353 Å². The molecular formula is C114H91BN4. The van der Waals surface area contributed by atoms with Gasteiger partial charge in [-0.3, -0.25) is 0 Å². The third-order valence-electron chi connectivity index (χ3n) is 24.0. The number of anilines is 6. The van der Waals surface area contributed by atoms with Gasteiger partial charge in [-0.15, -0.1) is 0 Å². The fourth-order valence-corrected chi connectivity index (χ4v) is 17.9. The van der Waals surface area contributed by atoms with Gasteiger partial charge >= 0.3 is 0 Å². The average Bonchev–Trinajstić information content (AvgIpc) is 1.66. The molecule has 0 saturated heterocycles. The lowest BCUT2D eigenvalue weighted by Crippen LogP contribution is -2.61. The number of fused-ring (bicyclic) bond motifs is 10. The van der Waals surface area contributed by atoms with Crippen molar-refractivity contribution in [2.75, 3.05) is 9.80 Å². The van der Waals surface area contributed by atoms with Gasteiger partial charge in [-0.2, -0.15) is 0 Å². The maximum Gasteiger partial charge on any atom is 0.252 e. The molecule has 0 unspecified atom stereocenters. The molecular weight excluding hydrogens is 1440 g/mol. The zero-order valence-electron chi connectivity index (χ0n) is 81.7. The highest BCUT2D eigenvalue weighted by Gasteiger charge is 2.47. The van der Waals surface area contributed by atoms with Gasteiger partial charge in [-0.05, 0) is 213 Å². The quantitative estimate of drug-likeness (QED) is 0.113. The molecule has 0 amide bonds. The number of nitrogens with zero attached hydrogens (tertiary/aromatic N) is 4. The molecule has 0 spiro atoms. The molecule has 0 atom stereocenters. The molecule has 0 radical (unpaired) electrons. The van der Waals surface area contributed by atoms with Crippen LogP contribution in [-0.4, -0.2) is 15.8 Å². The van der Waals surface area contributed by atoms with Crippen LogP contribution in [0.4, 0.5) is 34.1 Å². The summed E-state index contributed by atoms with van der Waals surface area (Å²) in [5, 5.41) is 0.237. The maximum absolute atomic E-state index is 10.5. The summed E-state index contributed by atoms with van der Waals surface area (Å²) in [6.45, 7) is 19.3. The van der Waals surface area contributed by atoms with Crippen molar-refractivity contribution in [3.8, 4) is 100 Å². The zero-order valence-corrected chi connectivity index (χ0v) is 67.7. The van der Waals surface area contributed by atoms with Gasteiger partial charge in [-0.25, -0.2) is 0 Å². The van der Waals surface area contributed by atoms with Crippen LogP contribution in [0.5, 0.6) is 0 Å². The van der Waals surface area contributed by atoms with Crippen LogP contribution in [0.3, 0.4) is 0 Å². The standard InChI is InChI=1S/C114H91BN4/c1-112(2,3)86-66-93(80-40-24-14-25-41-80)110(94(67-86)81-42-26-15-27-43-81)118-105-72-89(116-101-46-30-28-44-91(101)97-64-84(56-62-103(97)116)76-36-20-12-21-37-76)58-60-99(105)115-100-61-59-90(117-102-47-31-29-45-92(102)98-65-85(57-63-104(98)117)77-38-22-13-23-39-77)73-106(100)119(108-71-88(114(7,8)9)70-107(118)109(108)115)111-95(82-52-48-78(49-53-82)74-32-16-10-17-33-74)68-87(113(4,5)6)69-96(111)83-54-50-79(51-55-83)75-34-18-11-19-35-75/h10-73H,1-9H3/i28D,29D,30D,31D,44D,45D,46D,47D,56D,57D,62D,63D,64D,65D. The molecule has 570 valence electrons. The van der Waals surface area contributed by atoms with Gasteiger partial charge in [0, 0.05) is 77.9 Å². The number of benzene rings is 17. The SMILES string of the molecule is [2H]c1c([2H])c([2H])c2c(c1[2H])c1c([2H])c(-c3ccccc3)c([2H])c([2H])c1n2-c1ccc2c(c1)N(c1c(-c3ccccc3)cc(C(C)(C)C)cc1-c1ccccc1)c1cc(C(C)(C)C)cc3c1B2c1ccc(-n2c4c([2H])c([2H])c([2H])c([2H])c4c4c([2H])c(-c5ccccc5)c([2H])c([2H])c42)cc1N3c1c(-c2ccc(-c3ccccc3)cc2)cc(C(C)(C)C)cc1-c1ccc(-c2ccccc2)cc1. The highest BCUT2D eigenvalue weighted by Crippen LogP contribution is 2.56. The predicted octanol–water partition coefficient (Wildman–Crippen LogP) is 29.2. The van der Waals surface area contributed by atoms with Gasteiger partial charge in [0.1, 0.15) is 0 Å². The lowest BCUT2D eigenvalue weighted by molar-refractivity contribution is 0.590. The molecule has 0 bridgehead atoms. The largest absolute Gasteiger partial charge is 0.310 e. The normalized spacial score (nSPS) is 14.3. The van der Waals surface area contributed by atoms with E-state index in [1.807, 2.05) is 72.8 Å². The average molecular weight is 1540 g/mol. The summed E-state index contributed by atoms with van der Waals surface area (Å²) in [5.41, 5.74) is 21.8. The molecule has 4 nitrogen and oxygen atoms in total. The Morgan fingerprint density at radius 3 is 0.857 bits per heavy atom. The second kappa shape index (κ2) is 28.4. The summed E-state index contributed by atoms with van der Waals surface area (Å²) in [6, 6.07) is 98.2. The van der Waals surface area contributed by atoms with Crippen LogP contribution < -0.4 is 26.2 Å². The Labute approximate surface area is 718 Å². The van der Waals surface area contributed by atoms with Gasteiger partial charge in [0.15, 0.2) is 0 Å². The highest BCUT2D eigenvalue weighted by atomic mass is 15.2. The second-order valence-corrected chi connectivity index (χ2v) is 34.5. The molecule has 21 rings (SSSR count). The zero-order chi connectivity index (χ0) is 92.8. The van der Waals surface area contributed by atoms with Crippen molar-refractivity contribution in [2.24, 2.45) is 0 Å². The number of rotatable bonds is 12. The monoisotopic (exact) mass is 1540 g/mol. The van der Waals surface area contributed by atoms with Crippen molar-refractivity contribution in [1.82, 2.24) is 9.13 Å². The van der Waals surface area contributed by atoms with Gasteiger partial charge in [0.25, 0.3) is 6.71 Å². The van der Waals surface area contributed by atoms with E-state index in [-0.39, 0.29) is 91.0 Å². The van der Waals surface area contributed by atoms with E-state index in [4.69, 9.17) is 0 Å². The van der Waals surface area contributed by atoms with E-state index in [1.54, 1.807) is 57.7 Å². The van der Waals surface area contributed by atoms with Crippen molar-refractivity contribution in [3.05, 3.63) is 405 Å². The van der Waals surface area contributed by atoms with E-state index >= 15 is 0 Å². The number of hydrogen-bond donors (Lipinski definition) is 0. The number of aromatic nitrogens is 2. The van der Waals surface area contributed by atoms with Gasteiger partial charge in [0.2, 0.25) is 0 Å². The van der Waals surface area contributed by atoms with E-state index < -0.39 is 71.3 Å². The van der Waals surface area contributed by atoms with Crippen molar-refractivity contribution in [2.45, 2.75) is 78.6 Å². The molecule has 17 aromatic carbocycles. The van der Waals surface area contributed by atoms with Gasteiger partial charge < -0.3 is 18.9 Å². The van der Waals surface area contributed by atoms with Crippen LogP contribution in [0, 0.1) is 0 Å². The molecule has 0 fully saturated rings. The highest BCUT2D eigenvalue weighted by molar-refractivity contribution is 7.00. The Balaban J connectivity index is 0.968. The molecule has 2 aliphatic rings. The topological polar surface area (TPSA) is 16.3 Å². The fraction of sp³-hybridized carbons (Fsp3) is 0.105. The van der Waals surface area contributed by atoms with E-state index in [1.165, 1.54) is 0 Å².